The largest absolute Gasteiger partial charge is 0.319 e. The van der Waals surface area contributed by atoms with E-state index in [1.807, 2.05) is 12.1 Å². The Labute approximate surface area is 135 Å². The van der Waals surface area contributed by atoms with Crippen LogP contribution in [0.25, 0.3) is 0 Å². The molecule has 0 bridgehead atoms. The van der Waals surface area contributed by atoms with Crippen LogP contribution >= 0.6 is 0 Å². The Bertz CT molecular complexity index is 790. The standard InChI is InChI=1S/C18H21N3O2/c1-11-16(12(2)21(3)20-11)17(22)18(23)19-15-10-6-8-13-7-4-5-9-14(13)15/h6,8,10H,4-5,7,9H2,1-3H3,(H,19,23). The summed E-state index contributed by atoms with van der Waals surface area (Å²) >= 11 is 0. The van der Waals surface area contributed by atoms with Crippen LogP contribution in [0.4, 0.5) is 5.69 Å². The summed E-state index contributed by atoms with van der Waals surface area (Å²) in [6.07, 6.45) is 4.28. The van der Waals surface area contributed by atoms with Crippen molar-refractivity contribution in [3.63, 3.8) is 0 Å². The molecule has 0 fully saturated rings. The van der Waals surface area contributed by atoms with Gasteiger partial charge < -0.3 is 5.32 Å². The number of carbonyl (C=O) groups excluding carboxylic acids is 2. The molecule has 1 aromatic heterocycles. The van der Waals surface area contributed by atoms with Crippen molar-refractivity contribution >= 4 is 17.4 Å². The summed E-state index contributed by atoms with van der Waals surface area (Å²) in [5.74, 6) is -1.12. The highest BCUT2D eigenvalue weighted by Gasteiger charge is 2.25. The van der Waals surface area contributed by atoms with Crippen molar-refractivity contribution < 1.29 is 9.59 Å². The fourth-order valence-electron chi connectivity index (χ4n) is 3.29. The summed E-state index contributed by atoms with van der Waals surface area (Å²) in [6.45, 7) is 3.54. The predicted octanol–water partition coefficient (Wildman–Crippen LogP) is 2.74. The molecule has 1 N–H and O–H groups in total. The molecule has 0 saturated heterocycles. The maximum atomic E-state index is 12.5. The molecule has 120 valence electrons. The first kappa shape index (κ1) is 15.5. The van der Waals surface area contributed by atoms with E-state index in [1.54, 1.807) is 25.6 Å². The number of anilines is 1. The van der Waals surface area contributed by atoms with Crippen molar-refractivity contribution in [1.82, 2.24) is 9.78 Å². The van der Waals surface area contributed by atoms with Gasteiger partial charge in [-0.25, -0.2) is 0 Å². The van der Waals surface area contributed by atoms with Gasteiger partial charge in [0.15, 0.2) is 0 Å². The third-order valence-electron chi connectivity index (χ3n) is 4.59. The zero-order valence-corrected chi connectivity index (χ0v) is 13.8. The van der Waals surface area contributed by atoms with Gasteiger partial charge in [0.2, 0.25) is 0 Å². The Hall–Kier alpha value is -2.43. The van der Waals surface area contributed by atoms with E-state index in [9.17, 15) is 9.59 Å². The van der Waals surface area contributed by atoms with E-state index in [0.717, 1.165) is 24.9 Å². The first-order valence-corrected chi connectivity index (χ1v) is 7.95. The van der Waals surface area contributed by atoms with E-state index >= 15 is 0 Å². The van der Waals surface area contributed by atoms with Crippen LogP contribution in [0.5, 0.6) is 0 Å². The summed E-state index contributed by atoms with van der Waals surface area (Å²) in [7, 11) is 1.77. The van der Waals surface area contributed by atoms with Gasteiger partial charge in [-0.2, -0.15) is 5.10 Å². The lowest BCUT2D eigenvalue weighted by Crippen LogP contribution is -2.25. The van der Waals surface area contributed by atoms with Crippen molar-refractivity contribution in [2.45, 2.75) is 39.5 Å². The zero-order valence-electron chi connectivity index (χ0n) is 13.8. The van der Waals surface area contributed by atoms with Crippen LogP contribution in [0.1, 0.15) is 45.7 Å². The van der Waals surface area contributed by atoms with E-state index in [-0.39, 0.29) is 0 Å². The SMILES string of the molecule is Cc1nn(C)c(C)c1C(=O)C(=O)Nc1cccc2c1CCCC2. The highest BCUT2D eigenvalue weighted by molar-refractivity contribution is 6.47. The Balaban J connectivity index is 1.86. The summed E-state index contributed by atoms with van der Waals surface area (Å²) in [6, 6.07) is 5.91. The lowest BCUT2D eigenvalue weighted by atomic mass is 9.90. The van der Waals surface area contributed by atoms with Gasteiger partial charge >= 0.3 is 0 Å². The number of ketones is 1. The second kappa shape index (κ2) is 5.99. The van der Waals surface area contributed by atoms with Crippen LogP contribution in [0.2, 0.25) is 0 Å². The molecular formula is C18H21N3O2. The first-order valence-electron chi connectivity index (χ1n) is 7.95. The van der Waals surface area contributed by atoms with Crippen molar-refractivity contribution in [2.24, 2.45) is 7.05 Å². The molecule has 1 amide bonds. The monoisotopic (exact) mass is 311 g/mol. The number of carbonyl (C=O) groups is 2. The van der Waals surface area contributed by atoms with Crippen molar-refractivity contribution in [2.75, 3.05) is 5.32 Å². The molecule has 1 aliphatic carbocycles. The third kappa shape index (κ3) is 2.79. The molecule has 0 saturated carbocycles. The lowest BCUT2D eigenvalue weighted by Gasteiger charge is -2.19. The molecule has 2 aromatic rings. The summed E-state index contributed by atoms with van der Waals surface area (Å²) < 4.78 is 1.63. The van der Waals surface area contributed by atoms with Gasteiger partial charge in [-0.1, -0.05) is 12.1 Å². The van der Waals surface area contributed by atoms with E-state index in [4.69, 9.17) is 0 Å². The van der Waals surface area contributed by atoms with Crippen LogP contribution in [0, 0.1) is 13.8 Å². The molecule has 5 heteroatoms. The topological polar surface area (TPSA) is 64.0 Å². The number of Topliss-reactive ketones (excluding diaryl/α,β-unsaturated/α-hetero) is 1. The minimum absolute atomic E-state index is 0.398. The van der Waals surface area contributed by atoms with Crippen molar-refractivity contribution in [3.05, 3.63) is 46.3 Å². The molecule has 23 heavy (non-hydrogen) atoms. The number of rotatable bonds is 3. The number of hydrogen-bond donors (Lipinski definition) is 1. The Morgan fingerprint density at radius 3 is 2.61 bits per heavy atom. The zero-order chi connectivity index (χ0) is 16.6. The first-order chi connectivity index (χ1) is 11.0. The van der Waals surface area contributed by atoms with Crippen LogP contribution in [-0.2, 0) is 24.7 Å². The minimum atomic E-state index is -0.594. The molecule has 3 rings (SSSR count). The highest BCUT2D eigenvalue weighted by atomic mass is 16.2. The fourth-order valence-corrected chi connectivity index (χ4v) is 3.29. The maximum Gasteiger partial charge on any atom is 0.296 e. The molecule has 5 nitrogen and oxygen atoms in total. The Morgan fingerprint density at radius 1 is 1.17 bits per heavy atom. The van der Waals surface area contributed by atoms with Crippen LogP contribution in [0.3, 0.4) is 0 Å². The third-order valence-corrected chi connectivity index (χ3v) is 4.59. The number of aromatic nitrogens is 2. The summed E-state index contributed by atoms with van der Waals surface area (Å²) in [5.41, 5.74) is 4.89. The number of benzene rings is 1. The number of fused-ring (bicyclic) bond motifs is 1. The minimum Gasteiger partial charge on any atom is -0.319 e. The number of hydrogen-bond acceptors (Lipinski definition) is 3. The molecule has 0 spiro atoms. The van der Waals surface area contributed by atoms with E-state index < -0.39 is 11.7 Å². The van der Waals surface area contributed by atoms with Gasteiger partial charge in [0, 0.05) is 18.4 Å². The van der Waals surface area contributed by atoms with Crippen LogP contribution in [-0.4, -0.2) is 21.5 Å². The predicted molar refractivity (Wildman–Crippen MR) is 88.7 cm³/mol. The number of amides is 1. The van der Waals surface area contributed by atoms with Crippen LogP contribution in [0.15, 0.2) is 18.2 Å². The molecule has 0 radical (unpaired) electrons. The maximum absolute atomic E-state index is 12.5. The normalized spacial score (nSPS) is 13.5. The molecule has 1 aromatic carbocycles. The molecule has 0 atom stereocenters. The van der Waals surface area contributed by atoms with Gasteiger partial charge in [-0.15, -0.1) is 0 Å². The van der Waals surface area contributed by atoms with Crippen molar-refractivity contribution in [3.8, 4) is 0 Å². The Kier molecular flexibility index (Phi) is 4.03. The van der Waals surface area contributed by atoms with Crippen molar-refractivity contribution in [1.29, 1.82) is 0 Å². The van der Waals surface area contributed by atoms with Gasteiger partial charge in [0.25, 0.3) is 11.7 Å². The summed E-state index contributed by atoms with van der Waals surface area (Å²) in [4.78, 5) is 24.9. The van der Waals surface area contributed by atoms with Gasteiger partial charge in [-0.3, -0.25) is 14.3 Å². The molecule has 0 aliphatic heterocycles. The highest BCUT2D eigenvalue weighted by Crippen LogP contribution is 2.28. The number of nitrogens with zero attached hydrogens (tertiary/aromatic N) is 2. The number of nitrogens with one attached hydrogen (secondary N) is 1. The van der Waals surface area contributed by atoms with E-state index in [0.29, 0.717) is 17.0 Å². The van der Waals surface area contributed by atoms with Gasteiger partial charge in [-0.05, 0) is 56.7 Å². The van der Waals surface area contributed by atoms with E-state index in [2.05, 4.69) is 16.5 Å². The smallest absolute Gasteiger partial charge is 0.296 e. The average molecular weight is 311 g/mol. The molecule has 0 unspecified atom stereocenters. The lowest BCUT2D eigenvalue weighted by molar-refractivity contribution is -0.112. The van der Waals surface area contributed by atoms with E-state index in [1.165, 1.54) is 17.5 Å². The quantitative estimate of drug-likeness (QED) is 0.700. The second-order valence-electron chi connectivity index (χ2n) is 6.10. The number of aryl methyl sites for hydroxylation is 3. The molecule has 1 aliphatic rings. The van der Waals surface area contributed by atoms with Gasteiger partial charge in [0.1, 0.15) is 0 Å². The molecular weight excluding hydrogens is 290 g/mol. The Morgan fingerprint density at radius 2 is 1.91 bits per heavy atom. The fraction of sp³-hybridized carbons (Fsp3) is 0.389. The average Bonchev–Trinajstić information content (AvgIpc) is 2.79. The summed E-state index contributed by atoms with van der Waals surface area (Å²) in [5, 5.41) is 7.01. The molecule has 1 heterocycles. The van der Waals surface area contributed by atoms with Crippen LogP contribution < -0.4 is 5.32 Å². The van der Waals surface area contributed by atoms with Gasteiger partial charge in [0.05, 0.1) is 11.3 Å². The second-order valence-corrected chi connectivity index (χ2v) is 6.10.